The van der Waals surface area contributed by atoms with Gasteiger partial charge in [0, 0.05) is 18.8 Å². The molecule has 0 aliphatic heterocycles. The fourth-order valence-electron chi connectivity index (χ4n) is 2.25. The molecule has 0 aliphatic rings. The van der Waals surface area contributed by atoms with Crippen molar-refractivity contribution in [1.29, 1.82) is 0 Å². The van der Waals surface area contributed by atoms with E-state index >= 15 is 0 Å². The second-order valence-corrected chi connectivity index (χ2v) is 7.47. The summed E-state index contributed by atoms with van der Waals surface area (Å²) in [4.78, 5) is 0. The van der Waals surface area contributed by atoms with Crippen LogP contribution >= 0.6 is 0 Å². The Morgan fingerprint density at radius 2 is 1.68 bits per heavy atom. The maximum Gasteiger partial charge on any atom is 0.149 e. The molecule has 5 heteroatoms. The van der Waals surface area contributed by atoms with Crippen LogP contribution in [0, 0.1) is 0 Å². The third-order valence-electron chi connectivity index (χ3n) is 3.38. The van der Waals surface area contributed by atoms with Crippen molar-refractivity contribution >= 4 is 9.84 Å². The molecule has 0 saturated carbocycles. The molecule has 4 nitrogen and oxygen atoms in total. The lowest BCUT2D eigenvalue weighted by Gasteiger charge is -2.18. The molecule has 118 valence electrons. The van der Waals surface area contributed by atoms with Gasteiger partial charge in [0.05, 0.1) is 12.9 Å². The van der Waals surface area contributed by atoms with Crippen molar-refractivity contribution in [2.45, 2.75) is 12.6 Å². The average Bonchev–Trinajstić information content (AvgIpc) is 2.52. The van der Waals surface area contributed by atoms with Crippen LogP contribution in [0.3, 0.4) is 0 Å². The summed E-state index contributed by atoms with van der Waals surface area (Å²) < 4.78 is 28.4. The van der Waals surface area contributed by atoms with E-state index in [1.165, 1.54) is 6.26 Å². The Labute approximate surface area is 132 Å². The topological polar surface area (TPSA) is 55.4 Å². The number of rotatable bonds is 7. The highest BCUT2D eigenvalue weighted by Crippen LogP contribution is 2.17. The van der Waals surface area contributed by atoms with Gasteiger partial charge in [-0.3, -0.25) is 0 Å². The molecule has 0 radical (unpaired) electrons. The maximum atomic E-state index is 11.7. The number of hydrogen-bond donors (Lipinski definition) is 1. The smallest absolute Gasteiger partial charge is 0.149 e. The molecule has 0 aromatic heterocycles. The van der Waals surface area contributed by atoms with Crippen molar-refractivity contribution < 1.29 is 13.2 Å². The molecule has 0 spiro atoms. The Kier molecular flexibility index (Phi) is 5.57. The normalized spacial score (nSPS) is 12.8. The molecule has 0 fully saturated rings. The predicted molar refractivity (Wildman–Crippen MR) is 88.7 cm³/mol. The first-order valence-electron chi connectivity index (χ1n) is 7.07. The number of nitrogens with one attached hydrogen (secondary N) is 1. The van der Waals surface area contributed by atoms with Crippen molar-refractivity contribution in [2.24, 2.45) is 0 Å². The molecule has 2 rings (SSSR count). The molecule has 0 heterocycles. The van der Waals surface area contributed by atoms with Crippen LogP contribution in [0.15, 0.2) is 54.6 Å². The van der Waals surface area contributed by atoms with Gasteiger partial charge in [-0.2, -0.15) is 0 Å². The molecule has 0 amide bonds. The zero-order chi connectivity index (χ0) is 16.0. The van der Waals surface area contributed by atoms with Crippen LogP contribution in [0.2, 0.25) is 0 Å². The first-order valence-corrected chi connectivity index (χ1v) is 9.13. The van der Waals surface area contributed by atoms with Gasteiger partial charge in [0.15, 0.2) is 0 Å². The van der Waals surface area contributed by atoms with Gasteiger partial charge in [0.2, 0.25) is 0 Å². The maximum absolute atomic E-state index is 11.7. The molecule has 1 unspecified atom stereocenters. The van der Waals surface area contributed by atoms with Crippen molar-refractivity contribution in [1.82, 2.24) is 5.32 Å². The van der Waals surface area contributed by atoms with E-state index < -0.39 is 9.84 Å². The molecule has 22 heavy (non-hydrogen) atoms. The summed E-state index contributed by atoms with van der Waals surface area (Å²) in [5, 5.41) is 3.33. The Balaban J connectivity index is 2.09. The van der Waals surface area contributed by atoms with E-state index in [9.17, 15) is 8.42 Å². The minimum Gasteiger partial charge on any atom is -0.497 e. The van der Waals surface area contributed by atoms with Crippen molar-refractivity contribution in [3.63, 3.8) is 0 Å². The zero-order valence-corrected chi connectivity index (χ0v) is 13.6. The van der Waals surface area contributed by atoms with Crippen molar-refractivity contribution in [3.05, 3.63) is 65.7 Å². The fourth-order valence-corrected chi connectivity index (χ4v) is 3.16. The van der Waals surface area contributed by atoms with Gasteiger partial charge in [-0.15, -0.1) is 0 Å². The number of hydrogen-bond acceptors (Lipinski definition) is 4. The van der Waals surface area contributed by atoms with Gasteiger partial charge in [0.1, 0.15) is 15.6 Å². The lowest BCUT2D eigenvalue weighted by atomic mass is 10.1. The molecule has 1 N–H and O–H groups in total. The van der Waals surface area contributed by atoms with E-state index in [1.807, 2.05) is 54.6 Å². The SMILES string of the molecule is COc1ccc(CNC(CS(C)(=O)=O)c2ccccc2)cc1. The largest absolute Gasteiger partial charge is 0.497 e. The third-order valence-corrected chi connectivity index (χ3v) is 4.32. The second-order valence-electron chi connectivity index (χ2n) is 5.28. The summed E-state index contributed by atoms with van der Waals surface area (Å²) in [7, 11) is -1.44. The third kappa shape index (κ3) is 5.16. The minimum atomic E-state index is -3.07. The van der Waals surface area contributed by atoms with Gasteiger partial charge >= 0.3 is 0 Å². The van der Waals surface area contributed by atoms with Crippen molar-refractivity contribution in [3.8, 4) is 5.75 Å². The summed E-state index contributed by atoms with van der Waals surface area (Å²) in [6, 6.07) is 17.1. The van der Waals surface area contributed by atoms with Gasteiger partial charge in [-0.1, -0.05) is 42.5 Å². The summed E-state index contributed by atoms with van der Waals surface area (Å²) in [5.41, 5.74) is 2.05. The van der Waals surface area contributed by atoms with Crippen LogP contribution in [0.1, 0.15) is 17.2 Å². The Hall–Kier alpha value is -1.85. The van der Waals surface area contributed by atoms with Gasteiger partial charge < -0.3 is 10.1 Å². The highest BCUT2D eigenvalue weighted by Gasteiger charge is 2.16. The predicted octanol–water partition coefficient (Wildman–Crippen LogP) is 2.57. The van der Waals surface area contributed by atoms with Gasteiger partial charge in [0.25, 0.3) is 0 Å². The standard InChI is InChI=1S/C17H21NO3S/c1-21-16-10-8-14(9-11-16)12-18-17(13-22(2,19)20)15-6-4-3-5-7-15/h3-11,17-18H,12-13H2,1-2H3. The average molecular weight is 319 g/mol. The van der Waals surface area contributed by atoms with Crippen LogP contribution < -0.4 is 10.1 Å². The van der Waals surface area contributed by atoms with Crippen LogP contribution in [0.4, 0.5) is 0 Å². The molecular weight excluding hydrogens is 298 g/mol. The molecule has 0 saturated heterocycles. The number of ether oxygens (including phenoxy) is 1. The summed E-state index contributed by atoms with van der Waals surface area (Å²) >= 11 is 0. The van der Waals surface area contributed by atoms with Gasteiger partial charge in [-0.25, -0.2) is 8.42 Å². The van der Waals surface area contributed by atoms with Crippen LogP contribution in [0.25, 0.3) is 0 Å². The highest BCUT2D eigenvalue weighted by atomic mass is 32.2. The summed E-state index contributed by atoms with van der Waals surface area (Å²) in [5.74, 6) is 0.882. The Morgan fingerprint density at radius 3 is 2.23 bits per heavy atom. The van der Waals surface area contributed by atoms with E-state index in [0.29, 0.717) is 6.54 Å². The van der Waals surface area contributed by atoms with Crippen LogP contribution in [0.5, 0.6) is 5.75 Å². The monoisotopic (exact) mass is 319 g/mol. The number of sulfone groups is 1. The Morgan fingerprint density at radius 1 is 1.05 bits per heavy atom. The quantitative estimate of drug-likeness (QED) is 0.852. The molecule has 0 aliphatic carbocycles. The first-order chi connectivity index (χ1) is 10.5. The van der Waals surface area contributed by atoms with Crippen LogP contribution in [-0.2, 0) is 16.4 Å². The van der Waals surface area contributed by atoms with Crippen molar-refractivity contribution in [2.75, 3.05) is 19.1 Å². The Bertz CT molecular complexity index is 682. The van der Waals surface area contributed by atoms with E-state index in [4.69, 9.17) is 4.74 Å². The second kappa shape index (κ2) is 7.42. The molecule has 2 aromatic rings. The summed E-state index contributed by atoms with van der Waals surface area (Å²) in [6.07, 6.45) is 1.26. The lowest BCUT2D eigenvalue weighted by Crippen LogP contribution is -2.27. The minimum absolute atomic E-state index is 0.0766. The number of benzene rings is 2. The molecule has 2 aromatic carbocycles. The zero-order valence-electron chi connectivity index (χ0n) is 12.8. The van der Waals surface area contributed by atoms with Crippen LogP contribution in [-0.4, -0.2) is 27.5 Å². The van der Waals surface area contributed by atoms with Gasteiger partial charge in [-0.05, 0) is 23.3 Å². The fraction of sp³-hybridized carbons (Fsp3) is 0.294. The molecule has 0 bridgehead atoms. The first kappa shape index (κ1) is 16.5. The summed E-state index contributed by atoms with van der Waals surface area (Å²) in [6.45, 7) is 0.596. The van der Waals surface area contributed by atoms with E-state index in [-0.39, 0.29) is 11.8 Å². The number of methoxy groups -OCH3 is 1. The molecule has 1 atom stereocenters. The lowest BCUT2D eigenvalue weighted by molar-refractivity contribution is 0.414. The van der Waals surface area contributed by atoms with E-state index in [2.05, 4.69) is 5.32 Å². The van der Waals surface area contributed by atoms with E-state index in [0.717, 1.165) is 16.9 Å². The molecular formula is C17H21NO3S. The highest BCUT2D eigenvalue weighted by molar-refractivity contribution is 7.90. The van der Waals surface area contributed by atoms with E-state index in [1.54, 1.807) is 7.11 Å².